The van der Waals surface area contributed by atoms with Gasteiger partial charge in [0.15, 0.2) is 11.6 Å². The van der Waals surface area contributed by atoms with Crippen molar-refractivity contribution in [3.63, 3.8) is 0 Å². The van der Waals surface area contributed by atoms with Gasteiger partial charge < -0.3 is 20.1 Å². The fraction of sp³-hybridized carbons (Fsp3) is 0.679. The summed E-state index contributed by atoms with van der Waals surface area (Å²) in [5.74, 6) is 0.354. The minimum Gasteiger partial charge on any atom is -0.508 e. The molecule has 3 N–H and O–H groups in total. The quantitative estimate of drug-likeness (QED) is 0.446. The van der Waals surface area contributed by atoms with Crippen LogP contribution in [-0.4, -0.2) is 32.5 Å². The molecule has 0 aromatic heterocycles. The fourth-order valence-electron chi connectivity index (χ4n) is 8.15. The first kappa shape index (κ1) is 23.1. The van der Waals surface area contributed by atoms with E-state index in [-0.39, 0.29) is 22.4 Å². The number of rotatable bonds is 4. The Morgan fingerprint density at radius 3 is 2.42 bits per heavy atom. The van der Waals surface area contributed by atoms with Crippen LogP contribution in [0.25, 0.3) is 0 Å². The lowest BCUT2D eigenvalue weighted by Crippen LogP contribution is -2.57. The second-order valence-electron chi connectivity index (χ2n) is 11.7. The Bertz CT molecular complexity index is 969. The Morgan fingerprint density at radius 1 is 1.03 bits per heavy atom. The highest BCUT2D eigenvalue weighted by atomic mass is 16.6. The molecule has 180 valence electrons. The third-order valence-electron chi connectivity index (χ3n) is 10.3. The van der Waals surface area contributed by atoms with E-state index < -0.39 is 11.4 Å². The van der Waals surface area contributed by atoms with Gasteiger partial charge in [-0.15, -0.1) is 0 Å². The second kappa shape index (κ2) is 7.66. The summed E-state index contributed by atoms with van der Waals surface area (Å²) < 4.78 is 6.03. The molecule has 7 atom stereocenters. The predicted octanol–water partition coefficient (Wildman–Crippen LogP) is 4.88. The van der Waals surface area contributed by atoms with Crippen LogP contribution in [0.1, 0.15) is 77.7 Å². The molecule has 5 rings (SSSR count). The summed E-state index contributed by atoms with van der Waals surface area (Å²) in [7, 11) is 0. The van der Waals surface area contributed by atoms with Crippen molar-refractivity contribution in [2.75, 3.05) is 0 Å². The summed E-state index contributed by atoms with van der Waals surface area (Å²) in [6.07, 6.45) is 8.73. The van der Waals surface area contributed by atoms with E-state index in [1.54, 1.807) is 19.1 Å². The van der Waals surface area contributed by atoms with Crippen LogP contribution in [0.5, 0.6) is 5.75 Å². The molecule has 3 fully saturated rings. The van der Waals surface area contributed by atoms with Crippen LogP contribution in [0.4, 0.5) is 0 Å². The van der Waals surface area contributed by atoms with Crippen molar-refractivity contribution in [3.05, 3.63) is 41.5 Å². The van der Waals surface area contributed by atoms with Crippen LogP contribution in [0.3, 0.4) is 0 Å². The molecule has 4 aliphatic rings. The second-order valence-corrected chi connectivity index (χ2v) is 11.7. The standard InChI is InChI=1S/C28H38O5/c1-18(29)28(32)13-11-24-22-9-6-20-16-27(31,33-17-19-4-7-21(30)8-5-19)15-14-25(20,2)23(22)10-12-26(24,28)3/h4-8,22-24,30-32H,9-17H2,1-3H3. The van der Waals surface area contributed by atoms with Crippen LogP contribution in [0, 0.1) is 28.6 Å². The highest BCUT2D eigenvalue weighted by Gasteiger charge is 2.65. The molecule has 0 radical (unpaired) electrons. The van der Waals surface area contributed by atoms with E-state index in [1.807, 2.05) is 12.1 Å². The molecule has 0 saturated heterocycles. The van der Waals surface area contributed by atoms with Crippen LogP contribution >= 0.6 is 0 Å². The SMILES string of the molecule is CC(=O)C1(O)CCC2C3CC=C4CC(O)(OCc5ccc(O)cc5)CCC4(C)C3CCC21C. The average molecular weight is 455 g/mol. The Balaban J connectivity index is 1.34. The normalized spacial score (nSPS) is 44.4. The van der Waals surface area contributed by atoms with Gasteiger partial charge in [0.1, 0.15) is 11.4 Å². The summed E-state index contributed by atoms with van der Waals surface area (Å²) in [4.78, 5) is 12.4. The van der Waals surface area contributed by atoms with Gasteiger partial charge in [0.25, 0.3) is 0 Å². The van der Waals surface area contributed by atoms with Crippen molar-refractivity contribution in [1.82, 2.24) is 0 Å². The zero-order valence-corrected chi connectivity index (χ0v) is 20.1. The number of Topliss-reactive ketones (excluding diaryl/α,β-unsaturated/α-hetero) is 1. The molecule has 0 amide bonds. The van der Waals surface area contributed by atoms with Gasteiger partial charge in [0, 0.05) is 18.3 Å². The molecular formula is C28H38O5. The van der Waals surface area contributed by atoms with Crippen LogP contribution in [0.2, 0.25) is 0 Å². The molecule has 0 heterocycles. The Kier molecular flexibility index (Phi) is 5.35. The molecule has 0 aliphatic heterocycles. The third kappa shape index (κ3) is 3.42. The van der Waals surface area contributed by atoms with Crippen molar-refractivity contribution in [2.45, 2.75) is 90.1 Å². The Morgan fingerprint density at radius 2 is 1.73 bits per heavy atom. The number of carbonyl (C=O) groups is 1. The average Bonchev–Trinajstić information content (AvgIpc) is 3.06. The highest BCUT2D eigenvalue weighted by molar-refractivity contribution is 5.86. The van der Waals surface area contributed by atoms with E-state index in [0.717, 1.165) is 37.7 Å². The van der Waals surface area contributed by atoms with Crippen LogP contribution in [0.15, 0.2) is 35.9 Å². The van der Waals surface area contributed by atoms with E-state index in [0.29, 0.717) is 43.6 Å². The number of ether oxygens (including phenoxy) is 1. The van der Waals surface area contributed by atoms with Gasteiger partial charge in [-0.2, -0.15) is 0 Å². The summed E-state index contributed by atoms with van der Waals surface area (Å²) in [5, 5.41) is 32.1. The first-order valence-corrected chi connectivity index (χ1v) is 12.6. The first-order chi connectivity index (χ1) is 15.5. The number of fused-ring (bicyclic) bond motifs is 5. The summed E-state index contributed by atoms with van der Waals surface area (Å²) in [5.41, 5.74) is 0.770. The van der Waals surface area contributed by atoms with Gasteiger partial charge in [-0.05, 0) is 86.3 Å². The number of carbonyl (C=O) groups excluding carboxylic acids is 1. The Labute approximate surface area is 196 Å². The molecule has 0 spiro atoms. The number of aliphatic hydroxyl groups is 2. The molecule has 3 saturated carbocycles. The van der Waals surface area contributed by atoms with Crippen molar-refractivity contribution in [1.29, 1.82) is 0 Å². The first-order valence-electron chi connectivity index (χ1n) is 12.6. The minimum absolute atomic E-state index is 0.0370. The van der Waals surface area contributed by atoms with Crippen molar-refractivity contribution < 1.29 is 24.9 Å². The van der Waals surface area contributed by atoms with Crippen LogP contribution < -0.4 is 0 Å². The summed E-state index contributed by atoms with van der Waals surface area (Å²) in [6.45, 7) is 6.39. The highest BCUT2D eigenvalue weighted by Crippen LogP contribution is 2.67. The van der Waals surface area contributed by atoms with E-state index >= 15 is 0 Å². The monoisotopic (exact) mass is 454 g/mol. The molecular weight excluding hydrogens is 416 g/mol. The number of phenols is 1. The molecule has 5 nitrogen and oxygen atoms in total. The number of hydrogen-bond donors (Lipinski definition) is 3. The van der Waals surface area contributed by atoms with Crippen molar-refractivity contribution in [3.8, 4) is 5.75 Å². The fourth-order valence-corrected chi connectivity index (χ4v) is 8.15. The van der Waals surface area contributed by atoms with Gasteiger partial charge >= 0.3 is 0 Å². The number of benzene rings is 1. The zero-order valence-electron chi connectivity index (χ0n) is 20.1. The maximum Gasteiger partial charge on any atom is 0.169 e. The van der Waals surface area contributed by atoms with Gasteiger partial charge in [0.2, 0.25) is 0 Å². The van der Waals surface area contributed by atoms with Crippen molar-refractivity contribution >= 4 is 5.78 Å². The molecule has 1 aromatic rings. The third-order valence-corrected chi connectivity index (χ3v) is 10.3. The summed E-state index contributed by atoms with van der Waals surface area (Å²) in [6, 6.07) is 6.91. The van der Waals surface area contributed by atoms with E-state index in [1.165, 1.54) is 5.57 Å². The molecule has 33 heavy (non-hydrogen) atoms. The molecule has 4 aliphatic carbocycles. The van der Waals surface area contributed by atoms with E-state index in [4.69, 9.17) is 4.74 Å². The van der Waals surface area contributed by atoms with Gasteiger partial charge in [-0.3, -0.25) is 4.79 Å². The molecule has 5 heteroatoms. The lowest BCUT2D eigenvalue weighted by molar-refractivity contribution is -0.232. The van der Waals surface area contributed by atoms with E-state index in [2.05, 4.69) is 19.9 Å². The number of aromatic hydroxyl groups is 1. The summed E-state index contributed by atoms with van der Waals surface area (Å²) >= 11 is 0. The lowest BCUT2D eigenvalue weighted by atomic mass is 9.46. The van der Waals surface area contributed by atoms with E-state index in [9.17, 15) is 20.1 Å². The topological polar surface area (TPSA) is 87.0 Å². The maximum absolute atomic E-state index is 12.4. The maximum atomic E-state index is 12.4. The van der Waals surface area contributed by atoms with Gasteiger partial charge in [0.05, 0.1) is 6.61 Å². The Hall–Kier alpha value is -1.69. The van der Waals surface area contributed by atoms with Crippen LogP contribution in [-0.2, 0) is 16.1 Å². The molecule has 0 bridgehead atoms. The minimum atomic E-state index is -1.18. The van der Waals surface area contributed by atoms with Gasteiger partial charge in [-0.1, -0.05) is 37.6 Å². The molecule has 7 unspecified atom stereocenters. The van der Waals surface area contributed by atoms with Crippen molar-refractivity contribution in [2.24, 2.45) is 28.6 Å². The lowest BCUT2D eigenvalue weighted by Gasteiger charge is -2.59. The smallest absolute Gasteiger partial charge is 0.169 e. The zero-order chi connectivity index (χ0) is 23.6. The largest absolute Gasteiger partial charge is 0.508 e. The number of allylic oxidation sites excluding steroid dienone is 1. The van der Waals surface area contributed by atoms with Gasteiger partial charge in [-0.25, -0.2) is 0 Å². The molecule has 1 aromatic carbocycles. The number of hydrogen-bond acceptors (Lipinski definition) is 5. The predicted molar refractivity (Wildman–Crippen MR) is 125 cm³/mol. The number of ketones is 1. The number of phenolic OH excluding ortho intramolecular Hbond substituents is 1.